The smallest absolute Gasteiger partial charge is 0.410 e. The number of hydrogen-bond acceptors (Lipinski definition) is 4. The van der Waals surface area contributed by atoms with Gasteiger partial charge in [0.1, 0.15) is 11.1 Å². The molecule has 1 aliphatic carbocycles. The van der Waals surface area contributed by atoms with Crippen molar-refractivity contribution in [1.82, 2.24) is 15.1 Å². The van der Waals surface area contributed by atoms with Gasteiger partial charge in [-0.1, -0.05) is 53.6 Å². The van der Waals surface area contributed by atoms with Crippen LogP contribution in [0.25, 0.3) is 0 Å². The van der Waals surface area contributed by atoms with Gasteiger partial charge in [-0.2, -0.15) is 0 Å². The van der Waals surface area contributed by atoms with Crippen LogP contribution in [-0.4, -0.2) is 53.6 Å². The summed E-state index contributed by atoms with van der Waals surface area (Å²) in [5.41, 5.74) is 4.58. The maximum absolute atomic E-state index is 14.1. The van der Waals surface area contributed by atoms with E-state index in [0.29, 0.717) is 26.2 Å². The Balaban J connectivity index is 1.57. The average molecular weight is 478 g/mol. The van der Waals surface area contributed by atoms with Gasteiger partial charge in [0.05, 0.1) is 6.04 Å². The van der Waals surface area contributed by atoms with E-state index >= 15 is 0 Å². The summed E-state index contributed by atoms with van der Waals surface area (Å²) in [5.74, 6) is 0.0415. The van der Waals surface area contributed by atoms with Gasteiger partial charge in [-0.25, -0.2) is 4.79 Å². The van der Waals surface area contributed by atoms with Gasteiger partial charge in [-0.3, -0.25) is 9.69 Å². The lowest BCUT2D eigenvalue weighted by atomic mass is 9.87. The molecule has 1 N–H and O–H groups in total. The number of benzene rings is 2. The third-order valence-electron chi connectivity index (χ3n) is 7.16. The molecule has 4 rings (SSSR count). The van der Waals surface area contributed by atoms with E-state index in [1.807, 2.05) is 32.9 Å². The first-order valence-corrected chi connectivity index (χ1v) is 12.7. The number of piperazine rings is 1. The maximum atomic E-state index is 14.1. The molecule has 2 atom stereocenters. The van der Waals surface area contributed by atoms with Crippen LogP contribution in [0.15, 0.2) is 42.5 Å². The lowest BCUT2D eigenvalue weighted by Crippen LogP contribution is -2.61. The van der Waals surface area contributed by atoms with Crippen molar-refractivity contribution >= 4 is 12.0 Å². The van der Waals surface area contributed by atoms with E-state index in [1.165, 1.54) is 16.7 Å². The minimum atomic E-state index is -0.732. The minimum Gasteiger partial charge on any atom is -0.444 e. The molecule has 1 heterocycles. The van der Waals surface area contributed by atoms with Gasteiger partial charge in [0.25, 0.3) is 0 Å². The van der Waals surface area contributed by atoms with Gasteiger partial charge in [0, 0.05) is 26.2 Å². The number of rotatable bonds is 4. The Morgan fingerprint density at radius 1 is 1.00 bits per heavy atom. The van der Waals surface area contributed by atoms with Crippen molar-refractivity contribution in [3.63, 3.8) is 0 Å². The van der Waals surface area contributed by atoms with E-state index in [-0.39, 0.29) is 18.0 Å². The van der Waals surface area contributed by atoms with Crippen LogP contribution in [0.5, 0.6) is 0 Å². The Bertz CT molecular complexity index is 1080. The standard InChI is InChI=1S/C29H39N3O3/c1-20-17-21(2)19-24(18-20)22(3)30-26(33)29(12-11-23-9-7-8-10-25(23)29)32-15-13-31(14-16-32)27(34)35-28(4,5)6/h7-10,17-19,22H,11-16H2,1-6H3,(H,30,33)/t22-,29?/m1/s1. The monoisotopic (exact) mass is 477 g/mol. The van der Waals surface area contributed by atoms with Crippen LogP contribution in [-0.2, 0) is 21.5 Å². The molecule has 0 radical (unpaired) electrons. The molecular formula is C29H39N3O3. The molecule has 1 aliphatic heterocycles. The molecule has 6 heteroatoms. The number of aryl methyl sites for hydroxylation is 3. The predicted octanol–water partition coefficient (Wildman–Crippen LogP) is 4.88. The molecule has 0 spiro atoms. The summed E-state index contributed by atoms with van der Waals surface area (Å²) in [4.78, 5) is 30.8. The number of fused-ring (bicyclic) bond motifs is 1. The minimum absolute atomic E-state index is 0.0415. The van der Waals surface area contributed by atoms with Crippen LogP contribution in [0, 0.1) is 13.8 Å². The maximum Gasteiger partial charge on any atom is 0.410 e. The third-order valence-corrected chi connectivity index (χ3v) is 7.16. The van der Waals surface area contributed by atoms with Gasteiger partial charge >= 0.3 is 6.09 Å². The van der Waals surface area contributed by atoms with E-state index in [1.54, 1.807) is 4.90 Å². The van der Waals surface area contributed by atoms with Gasteiger partial charge in [-0.05, 0) is 71.1 Å². The SMILES string of the molecule is Cc1cc(C)cc([C@@H](C)NC(=O)C2(N3CCN(C(=O)OC(C)(C)C)CC3)CCc3ccccc32)c1. The fourth-order valence-electron chi connectivity index (χ4n) is 5.56. The number of ether oxygens (including phenoxy) is 1. The summed E-state index contributed by atoms with van der Waals surface area (Å²) in [6, 6.07) is 14.6. The third kappa shape index (κ3) is 5.22. The first-order chi connectivity index (χ1) is 16.5. The van der Waals surface area contributed by atoms with Gasteiger partial charge < -0.3 is 15.0 Å². The molecule has 0 bridgehead atoms. The largest absolute Gasteiger partial charge is 0.444 e. The van der Waals surface area contributed by atoms with Crippen LogP contribution >= 0.6 is 0 Å². The zero-order chi connectivity index (χ0) is 25.4. The first-order valence-electron chi connectivity index (χ1n) is 12.7. The Kier molecular flexibility index (Phi) is 6.96. The molecule has 35 heavy (non-hydrogen) atoms. The highest BCUT2D eigenvalue weighted by atomic mass is 16.6. The quantitative estimate of drug-likeness (QED) is 0.682. The zero-order valence-electron chi connectivity index (χ0n) is 22.0. The van der Waals surface area contributed by atoms with Crippen molar-refractivity contribution in [2.24, 2.45) is 0 Å². The van der Waals surface area contributed by atoms with Crippen LogP contribution in [0.3, 0.4) is 0 Å². The normalized spacial score (nSPS) is 21.4. The van der Waals surface area contributed by atoms with E-state index in [9.17, 15) is 9.59 Å². The molecule has 2 aromatic rings. The lowest BCUT2D eigenvalue weighted by Gasteiger charge is -2.45. The zero-order valence-corrected chi connectivity index (χ0v) is 22.0. The highest BCUT2D eigenvalue weighted by Gasteiger charge is 2.50. The molecule has 1 saturated heterocycles. The second kappa shape index (κ2) is 9.65. The summed E-state index contributed by atoms with van der Waals surface area (Å²) in [6.45, 7) is 14.2. The molecule has 188 valence electrons. The molecular weight excluding hydrogens is 438 g/mol. The molecule has 6 nitrogen and oxygen atoms in total. The number of nitrogens with one attached hydrogen (secondary N) is 1. The van der Waals surface area contributed by atoms with Crippen molar-refractivity contribution in [2.45, 2.75) is 71.6 Å². The fourth-order valence-corrected chi connectivity index (χ4v) is 5.56. The molecule has 0 aromatic heterocycles. The molecule has 2 amide bonds. The van der Waals surface area contributed by atoms with Gasteiger partial charge in [0.15, 0.2) is 0 Å². The number of carbonyl (C=O) groups is 2. The summed E-state index contributed by atoms with van der Waals surface area (Å²) < 4.78 is 5.58. The summed E-state index contributed by atoms with van der Waals surface area (Å²) in [6.07, 6.45) is 1.32. The number of nitrogens with zero attached hydrogens (tertiary/aromatic N) is 2. The molecule has 1 unspecified atom stereocenters. The van der Waals surface area contributed by atoms with Crippen molar-refractivity contribution in [1.29, 1.82) is 0 Å². The highest BCUT2D eigenvalue weighted by molar-refractivity contribution is 5.89. The Hall–Kier alpha value is -2.86. The van der Waals surface area contributed by atoms with Crippen LogP contribution < -0.4 is 5.32 Å². The second-order valence-electron chi connectivity index (χ2n) is 11.1. The number of hydrogen-bond donors (Lipinski definition) is 1. The molecule has 2 aromatic carbocycles. The van der Waals surface area contributed by atoms with Crippen molar-refractivity contribution < 1.29 is 14.3 Å². The first kappa shape index (κ1) is 25.2. The number of carbonyl (C=O) groups excluding carboxylic acids is 2. The summed E-state index contributed by atoms with van der Waals surface area (Å²) in [5, 5.41) is 3.35. The van der Waals surface area contributed by atoms with Crippen molar-refractivity contribution in [2.75, 3.05) is 26.2 Å². The predicted molar refractivity (Wildman–Crippen MR) is 138 cm³/mol. The number of amides is 2. The fraction of sp³-hybridized carbons (Fsp3) is 0.517. The van der Waals surface area contributed by atoms with Crippen molar-refractivity contribution in [3.8, 4) is 0 Å². The summed E-state index contributed by atoms with van der Waals surface area (Å²) in [7, 11) is 0. The highest BCUT2D eigenvalue weighted by Crippen LogP contribution is 2.43. The van der Waals surface area contributed by atoms with E-state index in [4.69, 9.17) is 4.74 Å². The lowest BCUT2D eigenvalue weighted by molar-refractivity contribution is -0.136. The topological polar surface area (TPSA) is 61.9 Å². The molecule has 0 saturated carbocycles. The molecule has 2 aliphatic rings. The van der Waals surface area contributed by atoms with Gasteiger partial charge in [0.2, 0.25) is 5.91 Å². The van der Waals surface area contributed by atoms with Gasteiger partial charge in [-0.15, -0.1) is 0 Å². The van der Waals surface area contributed by atoms with E-state index < -0.39 is 11.1 Å². The van der Waals surface area contributed by atoms with Crippen LogP contribution in [0.1, 0.15) is 68.0 Å². The molecule has 1 fully saturated rings. The second-order valence-corrected chi connectivity index (χ2v) is 11.1. The van der Waals surface area contributed by atoms with Crippen molar-refractivity contribution in [3.05, 3.63) is 70.3 Å². The van der Waals surface area contributed by atoms with Crippen LogP contribution in [0.4, 0.5) is 4.79 Å². The Morgan fingerprint density at radius 3 is 2.26 bits per heavy atom. The average Bonchev–Trinajstić information content (AvgIpc) is 3.18. The van der Waals surface area contributed by atoms with E-state index in [2.05, 4.69) is 61.3 Å². The van der Waals surface area contributed by atoms with Crippen LogP contribution in [0.2, 0.25) is 0 Å². The van der Waals surface area contributed by atoms with E-state index in [0.717, 1.165) is 24.0 Å². The Morgan fingerprint density at radius 2 is 1.63 bits per heavy atom. The summed E-state index contributed by atoms with van der Waals surface area (Å²) >= 11 is 0. The Labute approximate surface area is 209 Å².